The molecule has 0 bridgehead atoms. The van der Waals surface area contributed by atoms with E-state index in [0.717, 1.165) is 25.7 Å². The summed E-state index contributed by atoms with van der Waals surface area (Å²) in [5.41, 5.74) is 0. The van der Waals surface area contributed by atoms with Gasteiger partial charge in [0.25, 0.3) is 0 Å². The van der Waals surface area contributed by atoms with Crippen LogP contribution in [-0.2, 0) is 9.47 Å². The lowest BCUT2D eigenvalue weighted by molar-refractivity contribution is -0.0442. The van der Waals surface area contributed by atoms with Gasteiger partial charge in [-0.3, -0.25) is 0 Å². The zero-order valence-corrected chi connectivity index (χ0v) is 7.14. The average molecular weight is 145 g/mol. The second-order valence-electron chi connectivity index (χ2n) is 2.01. The molecule has 0 aliphatic carbocycles. The second-order valence-corrected chi connectivity index (χ2v) is 2.01. The smallest absolute Gasteiger partial charge is 0.223 e. The summed E-state index contributed by atoms with van der Waals surface area (Å²) < 4.78 is 10.5. The van der Waals surface area contributed by atoms with Crippen molar-refractivity contribution in [1.29, 1.82) is 0 Å². The Morgan fingerprint density at radius 2 is 1.80 bits per heavy atom. The maximum Gasteiger partial charge on any atom is 0.223 e. The van der Waals surface area contributed by atoms with Gasteiger partial charge in [-0.2, -0.15) is 0 Å². The molecule has 0 spiro atoms. The molecule has 0 aromatic carbocycles. The van der Waals surface area contributed by atoms with Crippen LogP contribution in [0.3, 0.4) is 0 Å². The van der Waals surface area contributed by atoms with E-state index >= 15 is 0 Å². The third-order valence-corrected chi connectivity index (χ3v) is 1.06. The summed E-state index contributed by atoms with van der Waals surface area (Å²) in [6.07, 6.45) is 2.66. The van der Waals surface area contributed by atoms with Gasteiger partial charge < -0.3 is 9.47 Å². The van der Waals surface area contributed by atoms with Gasteiger partial charge in [-0.1, -0.05) is 13.8 Å². The standard InChI is InChI=1S/C8H17O2/c1-4-7-10-8(5-2)9-6-3/h4-7H2,1-3H3. The van der Waals surface area contributed by atoms with Gasteiger partial charge in [-0.25, -0.2) is 0 Å². The first-order chi connectivity index (χ1) is 4.85. The van der Waals surface area contributed by atoms with Crippen molar-refractivity contribution in [2.24, 2.45) is 0 Å². The van der Waals surface area contributed by atoms with Crippen LogP contribution in [0.2, 0.25) is 0 Å². The van der Waals surface area contributed by atoms with Crippen molar-refractivity contribution in [2.75, 3.05) is 13.2 Å². The highest BCUT2D eigenvalue weighted by atomic mass is 16.7. The molecule has 2 heteroatoms. The summed E-state index contributed by atoms with van der Waals surface area (Å²) in [6, 6.07) is 0. The van der Waals surface area contributed by atoms with Gasteiger partial charge in [0.05, 0.1) is 0 Å². The molecule has 0 rings (SSSR count). The zero-order chi connectivity index (χ0) is 7.82. The number of ether oxygens (including phenoxy) is 2. The SMILES string of the molecule is CCCO[C](CC)OCC. The summed E-state index contributed by atoms with van der Waals surface area (Å²) >= 11 is 0. The predicted octanol–water partition coefficient (Wildman–Crippen LogP) is 2.35. The first-order valence-corrected chi connectivity index (χ1v) is 3.96. The molecule has 0 N–H and O–H groups in total. The molecule has 1 radical (unpaired) electrons. The topological polar surface area (TPSA) is 18.5 Å². The minimum atomic E-state index is 0.701. The van der Waals surface area contributed by atoms with Crippen LogP contribution in [0.1, 0.15) is 33.6 Å². The molecule has 0 aliphatic rings. The second kappa shape index (κ2) is 7.03. The Balaban J connectivity index is 3.21. The number of hydrogen-bond donors (Lipinski definition) is 0. The Morgan fingerprint density at radius 1 is 1.10 bits per heavy atom. The highest BCUT2D eigenvalue weighted by Gasteiger charge is 2.05. The van der Waals surface area contributed by atoms with Crippen molar-refractivity contribution < 1.29 is 9.47 Å². The molecule has 0 aliphatic heterocycles. The number of hydrogen-bond acceptors (Lipinski definition) is 2. The van der Waals surface area contributed by atoms with Crippen LogP contribution in [0.5, 0.6) is 0 Å². The van der Waals surface area contributed by atoms with Crippen molar-refractivity contribution in [2.45, 2.75) is 33.6 Å². The monoisotopic (exact) mass is 145 g/mol. The fourth-order valence-corrected chi connectivity index (χ4v) is 0.623. The summed E-state index contributed by atoms with van der Waals surface area (Å²) in [5, 5.41) is 0. The summed E-state index contributed by atoms with van der Waals surface area (Å²) in [7, 11) is 0. The van der Waals surface area contributed by atoms with E-state index in [1.807, 2.05) is 13.8 Å². The zero-order valence-electron chi connectivity index (χ0n) is 7.14. The average Bonchev–Trinajstić information content (AvgIpc) is 1.98. The molecule has 0 atom stereocenters. The maximum absolute atomic E-state index is 5.28. The molecular weight excluding hydrogens is 128 g/mol. The van der Waals surface area contributed by atoms with Gasteiger partial charge in [0, 0.05) is 19.6 Å². The van der Waals surface area contributed by atoms with Crippen LogP contribution >= 0.6 is 0 Å². The molecule has 0 fully saturated rings. The number of rotatable bonds is 6. The molecule has 0 saturated carbocycles. The first-order valence-electron chi connectivity index (χ1n) is 3.96. The lowest BCUT2D eigenvalue weighted by Crippen LogP contribution is -2.07. The van der Waals surface area contributed by atoms with Gasteiger partial charge in [0.2, 0.25) is 6.29 Å². The lowest BCUT2D eigenvalue weighted by Gasteiger charge is -2.12. The minimum Gasteiger partial charge on any atom is -0.346 e. The fraction of sp³-hybridized carbons (Fsp3) is 0.875. The molecule has 0 saturated heterocycles. The highest BCUT2D eigenvalue weighted by Crippen LogP contribution is 2.08. The predicted molar refractivity (Wildman–Crippen MR) is 41.4 cm³/mol. The first kappa shape index (κ1) is 9.92. The highest BCUT2D eigenvalue weighted by molar-refractivity contribution is 4.60. The van der Waals surface area contributed by atoms with E-state index in [2.05, 4.69) is 6.92 Å². The normalized spacial score (nSPS) is 10.8. The molecule has 61 valence electrons. The van der Waals surface area contributed by atoms with Crippen LogP contribution in [0.25, 0.3) is 0 Å². The molecule has 0 heterocycles. The van der Waals surface area contributed by atoms with E-state index in [0.29, 0.717) is 6.61 Å². The van der Waals surface area contributed by atoms with Gasteiger partial charge in [0.15, 0.2) is 0 Å². The van der Waals surface area contributed by atoms with E-state index in [4.69, 9.17) is 9.47 Å². The quantitative estimate of drug-likeness (QED) is 0.571. The van der Waals surface area contributed by atoms with Crippen molar-refractivity contribution in [1.82, 2.24) is 0 Å². The van der Waals surface area contributed by atoms with E-state index in [-0.39, 0.29) is 0 Å². The molecule has 0 unspecified atom stereocenters. The summed E-state index contributed by atoms with van der Waals surface area (Å²) in [5.74, 6) is 0. The molecule has 2 nitrogen and oxygen atoms in total. The van der Waals surface area contributed by atoms with E-state index < -0.39 is 0 Å². The molecular formula is C8H17O2. The van der Waals surface area contributed by atoms with E-state index in [1.54, 1.807) is 0 Å². The van der Waals surface area contributed by atoms with Crippen LogP contribution < -0.4 is 0 Å². The van der Waals surface area contributed by atoms with E-state index in [9.17, 15) is 0 Å². The Bertz CT molecular complexity index is 64.3. The Kier molecular flexibility index (Phi) is 6.98. The molecule has 0 amide bonds. The summed E-state index contributed by atoms with van der Waals surface area (Å²) in [6.45, 7) is 7.54. The fourth-order valence-electron chi connectivity index (χ4n) is 0.623. The third-order valence-electron chi connectivity index (χ3n) is 1.06. The maximum atomic E-state index is 5.28. The van der Waals surface area contributed by atoms with Gasteiger partial charge in [0.1, 0.15) is 0 Å². The van der Waals surface area contributed by atoms with Crippen molar-refractivity contribution in [3.8, 4) is 0 Å². The molecule has 0 aromatic rings. The van der Waals surface area contributed by atoms with Gasteiger partial charge in [-0.05, 0) is 13.3 Å². The summed E-state index contributed by atoms with van der Waals surface area (Å²) in [4.78, 5) is 0. The lowest BCUT2D eigenvalue weighted by atomic mass is 10.4. The Hall–Kier alpha value is -0.0800. The van der Waals surface area contributed by atoms with Crippen molar-refractivity contribution in [3.63, 3.8) is 0 Å². The van der Waals surface area contributed by atoms with Crippen molar-refractivity contribution >= 4 is 0 Å². The van der Waals surface area contributed by atoms with Crippen LogP contribution in [-0.4, -0.2) is 13.2 Å². The Labute approximate surface area is 63.5 Å². The van der Waals surface area contributed by atoms with Crippen LogP contribution in [0.15, 0.2) is 0 Å². The van der Waals surface area contributed by atoms with Crippen molar-refractivity contribution in [3.05, 3.63) is 6.29 Å². The molecule has 10 heavy (non-hydrogen) atoms. The van der Waals surface area contributed by atoms with Crippen LogP contribution in [0.4, 0.5) is 0 Å². The largest absolute Gasteiger partial charge is 0.346 e. The van der Waals surface area contributed by atoms with Gasteiger partial charge >= 0.3 is 0 Å². The minimum absolute atomic E-state index is 0.701. The third kappa shape index (κ3) is 4.77. The van der Waals surface area contributed by atoms with Crippen LogP contribution in [0, 0.1) is 6.29 Å². The molecule has 0 aromatic heterocycles. The van der Waals surface area contributed by atoms with Gasteiger partial charge in [-0.15, -0.1) is 0 Å². The Morgan fingerprint density at radius 3 is 2.20 bits per heavy atom. The van der Waals surface area contributed by atoms with E-state index in [1.165, 1.54) is 0 Å².